The summed E-state index contributed by atoms with van der Waals surface area (Å²) in [5.41, 5.74) is 2.15. The van der Waals surface area contributed by atoms with Gasteiger partial charge in [-0.1, -0.05) is 31.2 Å². The number of ether oxygens (including phenoxy) is 2. The molecule has 1 aliphatic rings. The molecule has 0 fully saturated rings. The van der Waals surface area contributed by atoms with Crippen molar-refractivity contribution in [2.45, 2.75) is 46.7 Å². The largest absolute Gasteiger partial charge is 0.454 e. The smallest absolute Gasteiger partial charge is 0.244 e. The van der Waals surface area contributed by atoms with Crippen LogP contribution in [-0.4, -0.2) is 56.8 Å². The van der Waals surface area contributed by atoms with Crippen molar-refractivity contribution in [3.05, 3.63) is 53.6 Å². The summed E-state index contributed by atoms with van der Waals surface area (Å²) >= 11 is 0. The third-order valence-electron chi connectivity index (χ3n) is 5.94. The van der Waals surface area contributed by atoms with Crippen LogP contribution in [0.2, 0.25) is 0 Å². The highest BCUT2D eigenvalue weighted by Gasteiger charge is 2.31. The van der Waals surface area contributed by atoms with Gasteiger partial charge >= 0.3 is 0 Å². The van der Waals surface area contributed by atoms with Gasteiger partial charge in [0.15, 0.2) is 11.5 Å². The highest BCUT2D eigenvalue weighted by molar-refractivity contribution is 7.92. The van der Waals surface area contributed by atoms with Gasteiger partial charge in [-0.05, 0) is 50.5 Å². The molecule has 0 saturated carbocycles. The van der Waals surface area contributed by atoms with Crippen molar-refractivity contribution in [3.8, 4) is 11.5 Å². The normalized spacial score (nSPS) is 13.3. The molecule has 0 unspecified atom stereocenters. The first-order valence-corrected chi connectivity index (χ1v) is 13.3. The van der Waals surface area contributed by atoms with Gasteiger partial charge in [0.05, 0.1) is 11.4 Å². The third-order valence-corrected chi connectivity index (χ3v) is 7.68. The van der Waals surface area contributed by atoms with Crippen LogP contribution < -0.4 is 19.1 Å². The van der Waals surface area contributed by atoms with Crippen LogP contribution >= 0.6 is 0 Å². The maximum absolute atomic E-state index is 13.6. The average Bonchev–Trinajstić information content (AvgIpc) is 3.32. The molecule has 2 amide bonds. The Morgan fingerprint density at radius 1 is 1.09 bits per heavy atom. The Hall–Kier alpha value is -3.27. The highest BCUT2D eigenvalue weighted by Crippen LogP contribution is 2.36. The third kappa shape index (κ3) is 6.25. The lowest BCUT2D eigenvalue weighted by atomic mass is 10.1. The standard InChI is InChI=1S/C25H33N3O6S/c1-5-13-26-25(30)19(4)27(15-20-10-8-7-9-18(20)3)24(29)16-28(35(31,32)6-2)21-11-12-22-23(14-21)34-17-33-22/h7-12,14,19H,5-6,13,15-17H2,1-4H3,(H,26,30)/t19-/m1/s1. The average molecular weight is 504 g/mol. The van der Waals surface area contributed by atoms with E-state index in [1.807, 2.05) is 38.1 Å². The molecule has 0 spiro atoms. The number of benzene rings is 2. The zero-order chi connectivity index (χ0) is 25.6. The van der Waals surface area contributed by atoms with E-state index in [9.17, 15) is 18.0 Å². The van der Waals surface area contributed by atoms with Crippen molar-refractivity contribution >= 4 is 27.5 Å². The van der Waals surface area contributed by atoms with Crippen molar-refractivity contribution in [2.24, 2.45) is 0 Å². The van der Waals surface area contributed by atoms with Crippen molar-refractivity contribution in [1.82, 2.24) is 10.2 Å². The predicted octanol–water partition coefficient (Wildman–Crippen LogP) is 2.82. The molecule has 1 aliphatic heterocycles. The predicted molar refractivity (Wildman–Crippen MR) is 134 cm³/mol. The second-order valence-electron chi connectivity index (χ2n) is 8.36. The van der Waals surface area contributed by atoms with E-state index in [1.54, 1.807) is 25.1 Å². The van der Waals surface area contributed by atoms with Crippen molar-refractivity contribution in [1.29, 1.82) is 0 Å². The second-order valence-corrected chi connectivity index (χ2v) is 10.5. The Morgan fingerprint density at radius 3 is 2.49 bits per heavy atom. The van der Waals surface area contributed by atoms with Crippen molar-refractivity contribution in [2.75, 3.05) is 29.9 Å². The summed E-state index contributed by atoms with van der Waals surface area (Å²) in [6.07, 6.45) is 0.761. The van der Waals surface area contributed by atoms with E-state index in [1.165, 1.54) is 11.8 Å². The lowest BCUT2D eigenvalue weighted by Crippen LogP contribution is -2.51. The fourth-order valence-electron chi connectivity index (χ4n) is 3.71. The van der Waals surface area contributed by atoms with Gasteiger partial charge in [0.25, 0.3) is 0 Å². The summed E-state index contributed by atoms with van der Waals surface area (Å²) < 4.78 is 37.8. The summed E-state index contributed by atoms with van der Waals surface area (Å²) in [6, 6.07) is 11.5. The van der Waals surface area contributed by atoms with E-state index in [2.05, 4.69) is 5.32 Å². The number of hydrogen-bond donors (Lipinski definition) is 1. The zero-order valence-electron chi connectivity index (χ0n) is 20.6. The van der Waals surface area contributed by atoms with Gasteiger partial charge in [0, 0.05) is 19.2 Å². The monoisotopic (exact) mass is 503 g/mol. The van der Waals surface area contributed by atoms with Gasteiger partial charge in [0.1, 0.15) is 12.6 Å². The molecule has 1 heterocycles. The van der Waals surface area contributed by atoms with Crippen LogP contribution in [0.4, 0.5) is 5.69 Å². The summed E-state index contributed by atoms with van der Waals surface area (Å²) in [5, 5.41) is 2.83. The lowest BCUT2D eigenvalue weighted by Gasteiger charge is -2.32. The molecular formula is C25H33N3O6S. The van der Waals surface area contributed by atoms with Gasteiger partial charge in [-0.25, -0.2) is 8.42 Å². The maximum Gasteiger partial charge on any atom is 0.244 e. The number of rotatable bonds is 11. The van der Waals surface area contributed by atoms with Gasteiger partial charge < -0.3 is 19.7 Å². The molecule has 2 aromatic rings. The second kappa shape index (κ2) is 11.4. The van der Waals surface area contributed by atoms with Crippen LogP contribution in [-0.2, 0) is 26.2 Å². The number of anilines is 1. The molecule has 0 aliphatic carbocycles. The summed E-state index contributed by atoms with van der Waals surface area (Å²) in [5.74, 6) is -0.0468. The number of aryl methyl sites for hydroxylation is 1. The molecule has 2 aromatic carbocycles. The number of carbonyl (C=O) groups excluding carboxylic acids is 2. The SMILES string of the molecule is CCCNC(=O)[C@@H](C)N(Cc1ccccc1C)C(=O)CN(c1ccc2c(c1)OCO2)S(=O)(=O)CC. The number of fused-ring (bicyclic) bond motifs is 1. The van der Waals surface area contributed by atoms with Crippen LogP contribution in [0.3, 0.4) is 0 Å². The van der Waals surface area contributed by atoms with Crippen molar-refractivity contribution in [3.63, 3.8) is 0 Å². The molecule has 9 nitrogen and oxygen atoms in total. The number of nitrogens with zero attached hydrogens (tertiary/aromatic N) is 2. The minimum absolute atomic E-state index is 0.0484. The van der Waals surface area contributed by atoms with E-state index in [0.29, 0.717) is 23.7 Å². The number of sulfonamides is 1. The molecule has 3 rings (SSSR count). The summed E-state index contributed by atoms with van der Waals surface area (Å²) in [4.78, 5) is 27.9. The number of nitrogens with one attached hydrogen (secondary N) is 1. The van der Waals surface area contributed by atoms with E-state index in [4.69, 9.17) is 9.47 Å². The first-order valence-electron chi connectivity index (χ1n) is 11.7. The van der Waals surface area contributed by atoms with Gasteiger partial charge in [-0.15, -0.1) is 0 Å². The first-order chi connectivity index (χ1) is 16.7. The Labute approximate surface area is 207 Å². The number of hydrogen-bond acceptors (Lipinski definition) is 6. The van der Waals surface area contributed by atoms with Crippen LogP contribution in [0.15, 0.2) is 42.5 Å². The minimum Gasteiger partial charge on any atom is -0.454 e. The van der Waals surface area contributed by atoms with E-state index >= 15 is 0 Å². The van der Waals surface area contributed by atoms with Crippen LogP contribution in [0.1, 0.15) is 38.3 Å². The molecule has 190 valence electrons. The summed E-state index contributed by atoms with van der Waals surface area (Å²) in [7, 11) is -3.81. The molecule has 1 N–H and O–H groups in total. The summed E-state index contributed by atoms with van der Waals surface area (Å²) in [6.45, 7) is 7.31. The minimum atomic E-state index is -3.81. The van der Waals surface area contributed by atoms with Gasteiger partial charge in [-0.2, -0.15) is 0 Å². The zero-order valence-corrected chi connectivity index (χ0v) is 21.4. The molecule has 0 bridgehead atoms. The van der Waals surface area contributed by atoms with E-state index in [-0.39, 0.29) is 25.0 Å². The maximum atomic E-state index is 13.6. The Kier molecular flexibility index (Phi) is 8.61. The van der Waals surface area contributed by atoms with E-state index < -0.39 is 28.5 Å². The topological polar surface area (TPSA) is 105 Å². The Balaban J connectivity index is 1.94. The van der Waals surface area contributed by atoms with Gasteiger partial charge in [-0.3, -0.25) is 13.9 Å². The number of carbonyl (C=O) groups is 2. The molecule has 0 aromatic heterocycles. The Morgan fingerprint density at radius 2 is 1.80 bits per heavy atom. The number of amides is 2. The Bertz CT molecular complexity index is 1170. The fourth-order valence-corrected chi connectivity index (χ4v) is 4.76. The highest BCUT2D eigenvalue weighted by atomic mass is 32.2. The molecule has 0 saturated heterocycles. The van der Waals surface area contributed by atoms with Crippen LogP contribution in [0, 0.1) is 6.92 Å². The van der Waals surface area contributed by atoms with Crippen molar-refractivity contribution < 1.29 is 27.5 Å². The molecule has 10 heteroatoms. The molecule has 1 atom stereocenters. The fraction of sp³-hybridized carbons (Fsp3) is 0.440. The van der Waals surface area contributed by atoms with Crippen LogP contribution in [0.5, 0.6) is 11.5 Å². The lowest BCUT2D eigenvalue weighted by molar-refractivity contribution is -0.139. The quantitative estimate of drug-likeness (QED) is 0.506. The van der Waals surface area contributed by atoms with Gasteiger partial charge in [0.2, 0.25) is 28.6 Å². The van der Waals surface area contributed by atoms with E-state index in [0.717, 1.165) is 21.9 Å². The molecular weight excluding hydrogens is 470 g/mol. The molecule has 0 radical (unpaired) electrons. The molecule has 35 heavy (non-hydrogen) atoms. The van der Waals surface area contributed by atoms with Crippen LogP contribution in [0.25, 0.3) is 0 Å². The first kappa shape index (κ1) is 26.3.